The molecule has 1 N–H and O–H groups in total. The smallest absolute Gasteiger partial charge is 0.273 e. The van der Waals surface area contributed by atoms with Crippen molar-refractivity contribution >= 4 is 11.8 Å². The van der Waals surface area contributed by atoms with E-state index >= 15 is 0 Å². The molecule has 1 aliphatic heterocycles. The van der Waals surface area contributed by atoms with E-state index in [1.165, 1.54) is 0 Å². The second-order valence-electron chi connectivity index (χ2n) is 9.98. The van der Waals surface area contributed by atoms with Crippen LogP contribution in [0.1, 0.15) is 50.2 Å². The molecule has 0 saturated heterocycles. The van der Waals surface area contributed by atoms with E-state index in [0.29, 0.717) is 37.0 Å². The second-order valence-corrected chi connectivity index (χ2v) is 9.98. The summed E-state index contributed by atoms with van der Waals surface area (Å²) in [6.45, 7) is 9.69. The van der Waals surface area contributed by atoms with Gasteiger partial charge in [-0.05, 0) is 74.2 Å². The predicted molar refractivity (Wildman–Crippen MR) is 143 cm³/mol. The monoisotopic (exact) mass is 504 g/mol. The van der Waals surface area contributed by atoms with Crippen LogP contribution in [0, 0.1) is 5.92 Å². The van der Waals surface area contributed by atoms with Crippen molar-refractivity contribution in [3.8, 4) is 22.8 Å². The van der Waals surface area contributed by atoms with Gasteiger partial charge in [0, 0.05) is 18.7 Å². The lowest BCUT2D eigenvalue weighted by Crippen LogP contribution is -2.63. The lowest BCUT2D eigenvalue weighted by Gasteiger charge is -2.43. The molecule has 8 heteroatoms. The van der Waals surface area contributed by atoms with Crippen molar-refractivity contribution in [1.29, 1.82) is 0 Å². The fourth-order valence-electron chi connectivity index (χ4n) is 4.50. The van der Waals surface area contributed by atoms with Gasteiger partial charge in [-0.25, -0.2) is 0 Å². The molecule has 8 nitrogen and oxygen atoms in total. The number of rotatable bonds is 10. The number of nitrogens with zero attached hydrogens (tertiary/aromatic N) is 3. The number of aromatic nitrogens is 2. The Bertz CT molecular complexity index is 1230. The van der Waals surface area contributed by atoms with Crippen molar-refractivity contribution in [3.63, 3.8) is 0 Å². The van der Waals surface area contributed by atoms with Crippen LogP contribution in [0.15, 0.2) is 54.6 Å². The molecule has 1 aliphatic rings. The third-order valence-corrected chi connectivity index (χ3v) is 6.75. The van der Waals surface area contributed by atoms with Crippen LogP contribution in [0.5, 0.6) is 11.5 Å². The number of carbonyl (C=O) groups is 2. The molecule has 0 unspecified atom stereocenters. The molecule has 3 aromatic rings. The summed E-state index contributed by atoms with van der Waals surface area (Å²) in [6.07, 6.45) is 0.864. The number of amides is 2. The van der Waals surface area contributed by atoms with Crippen LogP contribution in [0.3, 0.4) is 0 Å². The summed E-state index contributed by atoms with van der Waals surface area (Å²) in [6, 6.07) is 17.0. The largest absolute Gasteiger partial charge is 0.497 e. The highest BCUT2D eigenvalue weighted by Crippen LogP contribution is 2.32. The molecule has 0 aliphatic carbocycles. The first-order chi connectivity index (χ1) is 17.7. The Hall–Kier alpha value is -3.81. The summed E-state index contributed by atoms with van der Waals surface area (Å²) in [7, 11) is 1.62. The first-order valence-electron chi connectivity index (χ1n) is 12.8. The molecule has 2 aromatic carbocycles. The normalized spacial score (nSPS) is 17.0. The van der Waals surface area contributed by atoms with Crippen molar-refractivity contribution in [2.24, 2.45) is 5.92 Å². The Balaban J connectivity index is 1.67. The van der Waals surface area contributed by atoms with Crippen LogP contribution in [-0.4, -0.2) is 52.3 Å². The summed E-state index contributed by atoms with van der Waals surface area (Å²) < 4.78 is 12.5. The third-order valence-electron chi connectivity index (χ3n) is 6.75. The Morgan fingerprint density at radius 3 is 2.41 bits per heavy atom. The standard InChI is InChI=1S/C29H36N4O4/c1-6-37-24-13-9-22(10-14-24)25-17-26-27(34)32(18-21-7-11-23(36-5)12-8-21)29(4,19-33(26)31-25)28(35)30-16-15-20(2)3/h7-14,17,20H,6,15-16,18-19H2,1-5H3,(H,30,35)/t29-/m1/s1. The van der Waals surface area contributed by atoms with Crippen molar-refractivity contribution in [2.75, 3.05) is 20.3 Å². The molecule has 196 valence electrons. The van der Waals surface area contributed by atoms with Crippen molar-refractivity contribution < 1.29 is 19.1 Å². The quantitative estimate of drug-likeness (QED) is 0.438. The van der Waals surface area contributed by atoms with Gasteiger partial charge in [0.05, 0.1) is 26.0 Å². The maximum atomic E-state index is 13.9. The number of carbonyl (C=O) groups excluding carboxylic acids is 2. The minimum Gasteiger partial charge on any atom is -0.497 e. The zero-order valence-corrected chi connectivity index (χ0v) is 22.3. The lowest BCUT2D eigenvalue weighted by atomic mass is 9.94. The SMILES string of the molecule is CCOc1ccc(-c2cc3n(n2)C[C@](C)(C(=O)NCCC(C)C)N(Cc2ccc(OC)cc2)C3=O)cc1. The number of hydrogen-bond donors (Lipinski definition) is 1. The fraction of sp³-hybridized carbons (Fsp3) is 0.414. The van der Waals surface area contributed by atoms with Gasteiger partial charge in [0.1, 0.15) is 22.7 Å². The van der Waals surface area contributed by atoms with Crippen LogP contribution < -0.4 is 14.8 Å². The molecular formula is C29H36N4O4. The van der Waals surface area contributed by atoms with E-state index in [4.69, 9.17) is 14.6 Å². The van der Waals surface area contributed by atoms with Gasteiger partial charge in [0.25, 0.3) is 5.91 Å². The van der Waals surface area contributed by atoms with Crippen LogP contribution in [0.4, 0.5) is 0 Å². The molecular weight excluding hydrogens is 468 g/mol. The first kappa shape index (κ1) is 26.3. The Morgan fingerprint density at radius 2 is 1.78 bits per heavy atom. The minimum absolute atomic E-state index is 0.182. The Kier molecular flexibility index (Phi) is 7.86. The maximum Gasteiger partial charge on any atom is 0.273 e. The van der Waals surface area contributed by atoms with Crippen LogP contribution >= 0.6 is 0 Å². The number of nitrogens with one attached hydrogen (secondary N) is 1. The minimum atomic E-state index is -1.11. The molecule has 0 spiro atoms. The lowest BCUT2D eigenvalue weighted by molar-refractivity contribution is -0.133. The van der Waals surface area contributed by atoms with E-state index < -0.39 is 5.54 Å². The zero-order chi connectivity index (χ0) is 26.6. The van der Waals surface area contributed by atoms with Crippen LogP contribution in [0.2, 0.25) is 0 Å². The first-order valence-corrected chi connectivity index (χ1v) is 12.8. The fourth-order valence-corrected chi connectivity index (χ4v) is 4.50. The van der Waals surface area contributed by atoms with E-state index in [1.807, 2.05) is 62.4 Å². The molecule has 0 saturated carbocycles. The highest BCUT2D eigenvalue weighted by Gasteiger charge is 2.47. The summed E-state index contributed by atoms with van der Waals surface area (Å²) in [5.74, 6) is 1.57. The van der Waals surface area contributed by atoms with Gasteiger partial charge in [-0.3, -0.25) is 14.3 Å². The maximum absolute atomic E-state index is 13.9. The van der Waals surface area contributed by atoms with E-state index in [9.17, 15) is 9.59 Å². The predicted octanol–water partition coefficient (Wildman–Crippen LogP) is 4.53. The number of fused-ring (bicyclic) bond motifs is 1. The highest BCUT2D eigenvalue weighted by atomic mass is 16.5. The average Bonchev–Trinajstić information content (AvgIpc) is 3.31. The molecule has 2 heterocycles. The molecule has 1 atom stereocenters. The molecule has 1 aromatic heterocycles. The van der Waals surface area contributed by atoms with Gasteiger partial charge in [-0.15, -0.1) is 0 Å². The van der Waals surface area contributed by atoms with E-state index in [0.717, 1.165) is 29.0 Å². The molecule has 2 amide bonds. The van der Waals surface area contributed by atoms with Crippen molar-refractivity contribution in [2.45, 2.75) is 52.7 Å². The molecule has 0 fully saturated rings. The summed E-state index contributed by atoms with van der Waals surface area (Å²) in [5.41, 5.74) is 1.83. The summed E-state index contributed by atoms with van der Waals surface area (Å²) in [4.78, 5) is 29.1. The van der Waals surface area contributed by atoms with Crippen LogP contribution in [0.25, 0.3) is 11.3 Å². The summed E-state index contributed by atoms with van der Waals surface area (Å²) >= 11 is 0. The Morgan fingerprint density at radius 1 is 1.11 bits per heavy atom. The van der Waals surface area contributed by atoms with Gasteiger partial charge in [-0.2, -0.15) is 5.10 Å². The topological polar surface area (TPSA) is 85.7 Å². The Labute approximate surface area is 218 Å². The third kappa shape index (κ3) is 5.63. The number of benzene rings is 2. The van der Waals surface area contributed by atoms with Gasteiger partial charge in [0.2, 0.25) is 5.91 Å². The zero-order valence-electron chi connectivity index (χ0n) is 22.3. The molecule has 4 rings (SSSR count). The second kappa shape index (κ2) is 11.1. The van der Waals surface area contributed by atoms with Gasteiger partial charge < -0.3 is 19.7 Å². The number of ether oxygens (including phenoxy) is 2. The highest BCUT2D eigenvalue weighted by molar-refractivity contribution is 6.00. The number of methoxy groups -OCH3 is 1. The van der Waals surface area contributed by atoms with Gasteiger partial charge >= 0.3 is 0 Å². The van der Waals surface area contributed by atoms with Crippen LogP contribution in [-0.2, 0) is 17.9 Å². The van der Waals surface area contributed by atoms with Crippen molar-refractivity contribution in [1.82, 2.24) is 20.0 Å². The van der Waals surface area contributed by atoms with E-state index in [-0.39, 0.29) is 18.4 Å². The molecule has 0 radical (unpaired) electrons. The summed E-state index contributed by atoms with van der Waals surface area (Å²) in [5, 5.41) is 7.79. The van der Waals surface area contributed by atoms with Gasteiger partial charge in [-0.1, -0.05) is 26.0 Å². The van der Waals surface area contributed by atoms with Crippen molar-refractivity contribution in [3.05, 3.63) is 65.9 Å². The molecule has 37 heavy (non-hydrogen) atoms. The van der Waals surface area contributed by atoms with E-state index in [2.05, 4.69) is 19.2 Å². The van der Waals surface area contributed by atoms with E-state index in [1.54, 1.807) is 22.8 Å². The van der Waals surface area contributed by atoms with Gasteiger partial charge in [0.15, 0.2) is 0 Å². The number of hydrogen-bond acceptors (Lipinski definition) is 5. The average molecular weight is 505 g/mol. The molecule has 0 bridgehead atoms.